The minimum absolute atomic E-state index is 0.0206. The Hall–Kier alpha value is -0.840. The van der Waals surface area contributed by atoms with Gasteiger partial charge in [-0.1, -0.05) is 0 Å². The number of rotatable bonds is 1. The van der Waals surface area contributed by atoms with Crippen LogP contribution in [0, 0.1) is 5.92 Å². The second-order valence-electron chi connectivity index (χ2n) is 2.25. The molecule has 0 aromatic rings. The average Bonchev–Trinajstić information content (AvgIpc) is 2.63. The zero-order chi connectivity index (χ0) is 7.56. The molecule has 0 unspecified atom stereocenters. The summed E-state index contributed by atoms with van der Waals surface area (Å²) in [7, 11) is 0. The van der Waals surface area contributed by atoms with Gasteiger partial charge in [-0.3, -0.25) is 15.6 Å². The molecule has 1 fully saturated rings. The molecule has 0 aromatic heterocycles. The zero-order valence-electron chi connectivity index (χ0n) is 5.39. The van der Waals surface area contributed by atoms with Gasteiger partial charge in [0.05, 0.1) is 0 Å². The summed E-state index contributed by atoms with van der Waals surface area (Å²) in [4.78, 5) is 10.8. The first kappa shape index (κ1) is 7.27. The molecular formula is C5H9N3OS. The second-order valence-corrected chi connectivity index (χ2v) is 2.69. The van der Waals surface area contributed by atoms with Crippen LogP contribution in [-0.2, 0) is 4.79 Å². The SMILES string of the molecule is NC(=S)NNC(=O)C1CC1. The summed E-state index contributed by atoms with van der Waals surface area (Å²) in [6.45, 7) is 0. The van der Waals surface area contributed by atoms with Crippen LogP contribution in [0.15, 0.2) is 0 Å². The van der Waals surface area contributed by atoms with Crippen LogP contribution in [0.3, 0.4) is 0 Å². The number of carbonyl (C=O) groups excluding carboxylic acids is 1. The van der Waals surface area contributed by atoms with Gasteiger partial charge in [0.2, 0.25) is 5.91 Å². The van der Waals surface area contributed by atoms with Crippen molar-refractivity contribution in [2.24, 2.45) is 11.7 Å². The van der Waals surface area contributed by atoms with Gasteiger partial charge in [0.1, 0.15) is 0 Å². The lowest BCUT2D eigenvalue weighted by molar-refractivity contribution is -0.122. The summed E-state index contributed by atoms with van der Waals surface area (Å²) in [5.74, 6) is 0.162. The first-order valence-corrected chi connectivity index (χ1v) is 3.46. The van der Waals surface area contributed by atoms with E-state index in [1.165, 1.54) is 0 Å². The summed E-state index contributed by atoms with van der Waals surface area (Å²) in [5, 5.41) is 0.0917. The van der Waals surface area contributed by atoms with Crippen molar-refractivity contribution >= 4 is 23.2 Å². The summed E-state index contributed by atoms with van der Waals surface area (Å²) in [6, 6.07) is 0. The van der Waals surface area contributed by atoms with Gasteiger partial charge < -0.3 is 5.73 Å². The molecule has 4 nitrogen and oxygen atoms in total. The van der Waals surface area contributed by atoms with Crippen molar-refractivity contribution in [3.05, 3.63) is 0 Å². The quantitative estimate of drug-likeness (QED) is 0.348. The number of hydrogen-bond acceptors (Lipinski definition) is 2. The lowest BCUT2D eigenvalue weighted by atomic mass is 10.4. The van der Waals surface area contributed by atoms with Crippen LogP contribution in [0.4, 0.5) is 0 Å². The topological polar surface area (TPSA) is 67.2 Å². The Kier molecular flexibility index (Phi) is 2.06. The molecule has 0 saturated heterocycles. The van der Waals surface area contributed by atoms with E-state index in [-0.39, 0.29) is 16.9 Å². The van der Waals surface area contributed by atoms with E-state index >= 15 is 0 Å². The van der Waals surface area contributed by atoms with E-state index in [4.69, 9.17) is 5.73 Å². The van der Waals surface area contributed by atoms with E-state index in [0.29, 0.717) is 0 Å². The van der Waals surface area contributed by atoms with Crippen LogP contribution in [-0.4, -0.2) is 11.0 Å². The predicted molar refractivity (Wildman–Crippen MR) is 40.8 cm³/mol. The lowest BCUT2D eigenvalue weighted by Crippen LogP contribution is -2.44. The largest absolute Gasteiger partial charge is 0.375 e. The summed E-state index contributed by atoms with van der Waals surface area (Å²) in [5.41, 5.74) is 9.83. The van der Waals surface area contributed by atoms with Crippen molar-refractivity contribution in [1.82, 2.24) is 10.9 Å². The molecule has 56 valence electrons. The highest BCUT2D eigenvalue weighted by molar-refractivity contribution is 7.80. The fourth-order valence-electron chi connectivity index (χ4n) is 0.571. The predicted octanol–water partition coefficient (Wildman–Crippen LogP) is -0.739. The number of nitrogens with one attached hydrogen (secondary N) is 2. The molecule has 5 heteroatoms. The Labute approximate surface area is 64.1 Å². The second kappa shape index (κ2) is 2.83. The summed E-state index contributed by atoms with van der Waals surface area (Å²) < 4.78 is 0. The highest BCUT2D eigenvalue weighted by Gasteiger charge is 2.29. The molecular weight excluding hydrogens is 150 g/mol. The minimum atomic E-state index is -0.0206. The van der Waals surface area contributed by atoms with E-state index in [2.05, 4.69) is 23.1 Å². The highest BCUT2D eigenvalue weighted by Crippen LogP contribution is 2.28. The Morgan fingerprint density at radius 3 is 2.50 bits per heavy atom. The number of thiocarbonyl (C=S) groups is 1. The van der Waals surface area contributed by atoms with Crippen LogP contribution in [0.5, 0.6) is 0 Å². The number of carbonyl (C=O) groups is 1. The number of hydrazine groups is 1. The number of nitrogens with two attached hydrogens (primary N) is 1. The van der Waals surface area contributed by atoms with Gasteiger partial charge in [-0.05, 0) is 25.1 Å². The first-order valence-electron chi connectivity index (χ1n) is 3.05. The molecule has 1 rings (SSSR count). The van der Waals surface area contributed by atoms with Crippen LogP contribution in [0.1, 0.15) is 12.8 Å². The maximum absolute atomic E-state index is 10.8. The van der Waals surface area contributed by atoms with Gasteiger partial charge in [-0.25, -0.2) is 0 Å². The Balaban J connectivity index is 2.12. The molecule has 0 aromatic carbocycles. The molecule has 1 saturated carbocycles. The van der Waals surface area contributed by atoms with Crippen molar-refractivity contribution in [2.75, 3.05) is 0 Å². The average molecular weight is 159 g/mol. The molecule has 0 aliphatic heterocycles. The fourth-order valence-corrected chi connectivity index (χ4v) is 0.622. The molecule has 1 aliphatic carbocycles. The van der Waals surface area contributed by atoms with E-state index in [0.717, 1.165) is 12.8 Å². The van der Waals surface area contributed by atoms with Crippen LogP contribution < -0.4 is 16.6 Å². The maximum Gasteiger partial charge on any atom is 0.241 e. The smallest absolute Gasteiger partial charge is 0.241 e. The van der Waals surface area contributed by atoms with E-state index in [1.54, 1.807) is 0 Å². The number of hydrogen-bond donors (Lipinski definition) is 3. The molecule has 0 radical (unpaired) electrons. The maximum atomic E-state index is 10.8. The van der Waals surface area contributed by atoms with Gasteiger partial charge in [0.25, 0.3) is 0 Å². The molecule has 4 N–H and O–H groups in total. The summed E-state index contributed by atoms with van der Waals surface area (Å²) >= 11 is 4.47. The normalized spacial score (nSPS) is 16.0. The van der Waals surface area contributed by atoms with Gasteiger partial charge in [-0.15, -0.1) is 0 Å². The van der Waals surface area contributed by atoms with Crippen molar-refractivity contribution in [1.29, 1.82) is 0 Å². The third kappa shape index (κ3) is 2.18. The van der Waals surface area contributed by atoms with Crippen molar-refractivity contribution in [3.8, 4) is 0 Å². The van der Waals surface area contributed by atoms with Crippen molar-refractivity contribution < 1.29 is 4.79 Å². The van der Waals surface area contributed by atoms with E-state index < -0.39 is 0 Å². The van der Waals surface area contributed by atoms with Gasteiger partial charge >= 0.3 is 0 Å². The highest BCUT2D eigenvalue weighted by atomic mass is 32.1. The Morgan fingerprint density at radius 1 is 1.50 bits per heavy atom. The first-order chi connectivity index (χ1) is 4.70. The Bertz CT molecular complexity index is 166. The molecule has 10 heavy (non-hydrogen) atoms. The van der Waals surface area contributed by atoms with Crippen LogP contribution in [0.2, 0.25) is 0 Å². The van der Waals surface area contributed by atoms with Crippen molar-refractivity contribution in [2.45, 2.75) is 12.8 Å². The Morgan fingerprint density at radius 2 is 2.10 bits per heavy atom. The fraction of sp³-hybridized carbons (Fsp3) is 0.600. The zero-order valence-corrected chi connectivity index (χ0v) is 6.20. The van der Waals surface area contributed by atoms with Gasteiger partial charge in [-0.2, -0.15) is 0 Å². The number of amides is 1. The molecule has 1 amide bonds. The molecule has 1 aliphatic rings. The van der Waals surface area contributed by atoms with Gasteiger partial charge in [0.15, 0.2) is 5.11 Å². The third-order valence-corrected chi connectivity index (χ3v) is 1.36. The minimum Gasteiger partial charge on any atom is -0.375 e. The standard InChI is InChI=1S/C5H9N3OS/c6-5(10)8-7-4(9)3-1-2-3/h3H,1-2H2,(H,7,9)(H3,6,8,10). The van der Waals surface area contributed by atoms with Crippen molar-refractivity contribution in [3.63, 3.8) is 0 Å². The summed E-state index contributed by atoms with van der Waals surface area (Å²) in [6.07, 6.45) is 1.95. The monoisotopic (exact) mass is 159 g/mol. The third-order valence-electron chi connectivity index (χ3n) is 1.26. The molecule has 0 atom stereocenters. The lowest BCUT2D eigenvalue weighted by Gasteiger charge is -2.03. The van der Waals surface area contributed by atoms with E-state index in [9.17, 15) is 4.79 Å². The van der Waals surface area contributed by atoms with Crippen LogP contribution >= 0.6 is 12.2 Å². The molecule has 0 spiro atoms. The molecule has 0 bridgehead atoms. The van der Waals surface area contributed by atoms with Crippen LogP contribution in [0.25, 0.3) is 0 Å². The van der Waals surface area contributed by atoms with Gasteiger partial charge in [0, 0.05) is 5.92 Å². The molecule has 0 heterocycles. The van der Waals surface area contributed by atoms with E-state index in [1.807, 2.05) is 0 Å².